The van der Waals surface area contributed by atoms with Crippen LogP contribution in [0, 0.1) is 5.82 Å². The fraction of sp³-hybridized carbons (Fsp3) is 0.600. The van der Waals surface area contributed by atoms with E-state index in [1.54, 1.807) is 6.07 Å². The van der Waals surface area contributed by atoms with Gasteiger partial charge in [0.05, 0.1) is 11.5 Å². The van der Waals surface area contributed by atoms with Gasteiger partial charge in [-0.25, -0.2) is 12.8 Å². The Labute approximate surface area is 124 Å². The predicted molar refractivity (Wildman–Crippen MR) is 78.7 cm³/mol. The number of ether oxygens (including phenoxy) is 1. The van der Waals surface area contributed by atoms with Crippen molar-refractivity contribution in [3.63, 3.8) is 0 Å². The highest BCUT2D eigenvalue weighted by atomic mass is 32.2. The molecule has 0 saturated carbocycles. The Morgan fingerprint density at radius 1 is 1.38 bits per heavy atom. The molecule has 116 valence electrons. The summed E-state index contributed by atoms with van der Waals surface area (Å²) in [5, 5.41) is 3.40. The normalized spacial score (nSPS) is 26.1. The highest BCUT2D eigenvalue weighted by Gasteiger charge is 2.44. The molecular weight excluding hydrogens is 293 g/mol. The van der Waals surface area contributed by atoms with Crippen molar-refractivity contribution in [1.29, 1.82) is 0 Å². The lowest BCUT2D eigenvalue weighted by Crippen LogP contribution is -2.49. The largest absolute Gasteiger partial charge is 0.487 e. The Bertz CT molecular complexity index is 630. The van der Waals surface area contributed by atoms with Crippen LogP contribution in [0.5, 0.6) is 5.75 Å². The Balaban J connectivity index is 1.93. The molecule has 6 heteroatoms. The summed E-state index contributed by atoms with van der Waals surface area (Å²) in [6, 6.07) is 4.68. The minimum atomic E-state index is -2.95. The third kappa shape index (κ3) is 2.92. The van der Waals surface area contributed by atoms with Gasteiger partial charge in [-0.3, -0.25) is 0 Å². The molecular formula is C15H20FNO3S. The van der Waals surface area contributed by atoms with Crippen molar-refractivity contribution in [3.8, 4) is 5.75 Å². The minimum Gasteiger partial charge on any atom is -0.487 e. The van der Waals surface area contributed by atoms with Gasteiger partial charge >= 0.3 is 0 Å². The van der Waals surface area contributed by atoms with Gasteiger partial charge in [-0.15, -0.1) is 0 Å². The molecule has 1 N–H and O–H groups in total. The average Bonchev–Trinajstić information content (AvgIpc) is 2.43. The second-order valence-corrected chi connectivity index (χ2v) is 8.24. The zero-order valence-electron chi connectivity index (χ0n) is 12.1. The van der Waals surface area contributed by atoms with E-state index in [4.69, 9.17) is 4.74 Å². The van der Waals surface area contributed by atoms with Crippen LogP contribution in [-0.2, 0) is 9.84 Å². The van der Waals surface area contributed by atoms with Crippen LogP contribution in [0.4, 0.5) is 4.39 Å². The monoisotopic (exact) mass is 313 g/mol. The standard InChI is InChI=1S/C15H20FNO3S/c1-2-17-13-10-15(5-7-21(18,19)8-6-15)20-14-9-11(16)3-4-12(13)14/h3-4,9,13,17H,2,5-8,10H2,1H3. The third-order valence-electron chi connectivity index (χ3n) is 4.44. The highest BCUT2D eigenvalue weighted by Crippen LogP contribution is 2.44. The second-order valence-electron chi connectivity index (χ2n) is 5.93. The SMILES string of the molecule is CCNC1CC2(CCS(=O)(=O)CC2)Oc2cc(F)ccc21. The van der Waals surface area contributed by atoms with Crippen LogP contribution >= 0.6 is 0 Å². The molecule has 1 aromatic carbocycles. The van der Waals surface area contributed by atoms with Gasteiger partial charge in [0.2, 0.25) is 0 Å². The van der Waals surface area contributed by atoms with Crippen molar-refractivity contribution in [2.75, 3.05) is 18.1 Å². The summed E-state index contributed by atoms with van der Waals surface area (Å²) in [5.74, 6) is 0.517. The molecule has 0 radical (unpaired) electrons. The maximum absolute atomic E-state index is 13.5. The molecule has 0 bridgehead atoms. The number of rotatable bonds is 2. The molecule has 1 spiro atoms. The molecule has 0 aliphatic carbocycles. The number of hydrogen-bond donors (Lipinski definition) is 1. The lowest BCUT2D eigenvalue weighted by molar-refractivity contribution is 0.0210. The van der Waals surface area contributed by atoms with Crippen LogP contribution in [0.1, 0.15) is 37.8 Å². The second kappa shape index (κ2) is 5.25. The topological polar surface area (TPSA) is 55.4 Å². The van der Waals surface area contributed by atoms with Crippen LogP contribution in [0.15, 0.2) is 18.2 Å². The Morgan fingerprint density at radius 2 is 2.10 bits per heavy atom. The first kappa shape index (κ1) is 14.8. The number of fused-ring (bicyclic) bond motifs is 1. The van der Waals surface area contributed by atoms with Crippen molar-refractivity contribution in [2.24, 2.45) is 0 Å². The maximum Gasteiger partial charge on any atom is 0.150 e. The quantitative estimate of drug-likeness (QED) is 0.909. The van der Waals surface area contributed by atoms with Crippen LogP contribution in [0.25, 0.3) is 0 Å². The molecule has 1 saturated heterocycles. The van der Waals surface area contributed by atoms with E-state index in [1.165, 1.54) is 12.1 Å². The van der Waals surface area contributed by atoms with Gasteiger partial charge in [-0.05, 0) is 12.6 Å². The lowest BCUT2D eigenvalue weighted by Gasteiger charge is -2.44. The van der Waals surface area contributed by atoms with Crippen LogP contribution < -0.4 is 10.1 Å². The van der Waals surface area contributed by atoms with Gasteiger partial charge < -0.3 is 10.1 Å². The number of hydrogen-bond acceptors (Lipinski definition) is 4. The van der Waals surface area contributed by atoms with E-state index in [0.717, 1.165) is 18.5 Å². The molecule has 1 fully saturated rings. The number of sulfone groups is 1. The van der Waals surface area contributed by atoms with E-state index in [1.807, 2.05) is 6.92 Å². The van der Waals surface area contributed by atoms with E-state index >= 15 is 0 Å². The number of nitrogens with one attached hydrogen (secondary N) is 1. The Kier molecular flexibility index (Phi) is 3.69. The fourth-order valence-electron chi connectivity index (χ4n) is 3.29. The zero-order chi connectivity index (χ0) is 15.1. The first-order valence-electron chi connectivity index (χ1n) is 7.35. The summed E-state index contributed by atoms with van der Waals surface area (Å²) in [4.78, 5) is 0. The summed E-state index contributed by atoms with van der Waals surface area (Å²) >= 11 is 0. The highest BCUT2D eigenvalue weighted by molar-refractivity contribution is 7.91. The molecule has 1 atom stereocenters. The smallest absolute Gasteiger partial charge is 0.150 e. The first-order valence-corrected chi connectivity index (χ1v) is 9.17. The third-order valence-corrected chi connectivity index (χ3v) is 6.09. The molecule has 2 aliphatic rings. The van der Waals surface area contributed by atoms with E-state index in [9.17, 15) is 12.8 Å². The molecule has 1 aromatic rings. The molecule has 0 amide bonds. The molecule has 4 nitrogen and oxygen atoms in total. The summed E-state index contributed by atoms with van der Waals surface area (Å²) in [7, 11) is -2.95. The molecule has 0 aromatic heterocycles. The van der Waals surface area contributed by atoms with Gasteiger partial charge in [0.1, 0.15) is 17.2 Å². The predicted octanol–water partition coefficient (Wildman–Crippen LogP) is 2.21. The zero-order valence-corrected chi connectivity index (χ0v) is 12.9. The summed E-state index contributed by atoms with van der Waals surface area (Å²) in [5.41, 5.74) is 0.469. The van der Waals surface area contributed by atoms with Gasteiger partial charge in [0, 0.05) is 36.9 Å². The van der Waals surface area contributed by atoms with Crippen molar-refractivity contribution in [1.82, 2.24) is 5.32 Å². The maximum atomic E-state index is 13.5. The molecule has 3 rings (SSSR count). The van der Waals surface area contributed by atoms with Crippen LogP contribution in [0.2, 0.25) is 0 Å². The van der Waals surface area contributed by atoms with Crippen molar-refractivity contribution < 1.29 is 17.5 Å². The average molecular weight is 313 g/mol. The summed E-state index contributed by atoms with van der Waals surface area (Å²) in [6.45, 7) is 2.83. The molecule has 21 heavy (non-hydrogen) atoms. The Morgan fingerprint density at radius 3 is 2.76 bits per heavy atom. The number of halogens is 1. The van der Waals surface area contributed by atoms with Crippen molar-refractivity contribution in [3.05, 3.63) is 29.6 Å². The number of benzene rings is 1. The van der Waals surface area contributed by atoms with Gasteiger partial charge in [0.15, 0.2) is 9.84 Å². The Hall–Kier alpha value is -1.14. The first-order chi connectivity index (χ1) is 9.93. The molecule has 2 aliphatic heterocycles. The van der Waals surface area contributed by atoms with Crippen LogP contribution in [0.3, 0.4) is 0 Å². The fourth-order valence-corrected chi connectivity index (χ4v) is 4.86. The summed E-state index contributed by atoms with van der Waals surface area (Å²) < 4.78 is 42.9. The van der Waals surface area contributed by atoms with Gasteiger partial charge in [0.25, 0.3) is 0 Å². The van der Waals surface area contributed by atoms with Crippen molar-refractivity contribution in [2.45, 2.75) is 37.8 Å². The molecule has 2 heterocycles. The lowest BCUT2D eigenvalue weighted by atomic mass is 9.83. The molecule has 1 unspecified atom stereocenters. The van der Waals surface area contributed by atoms with E-state index in [0.29, 0.717) is 18.6 Å². The van der Waals surface area contributed by atoms with Crippen molar-refractivity contribution >= 4 is 9.84 Å². The van der Waals surface area contributed by atoms with E-state index in [-0.39, 0.29) is 23.4 Å². The summed E-state index contributed by atoms with van der Waals surface area (Å²) in [6.07, 6.45) is 1.69. The minimum absolute atomic E-state index is 0.0835. The van der Waals surface area contributed by atoms with Gasteiger partial charge in [-0.1, -0.05) is 13.0 Å². The van der Waals surface area contributed by atoms with E-state index < -0.39 is 15.4 Å². The van der Waals surface area contributed by atoms with Gasteiger partial charge in [-0.2, -0.15) is 0 Å². The van der Waals surface area contributed by atoms with E-state index in [2.05, 4.69) is 5.32 Å². The van der Waals surface area contributed by atoms with Crippen LogP contribution in [-0.4, -0.2) is 32.1 Å².